The average molecular weight is 378 g/mol. The van der Waals surface area contributed by atoms with Crippen molar-refractivity contribution in [3.63, 3.8) is 0 Å². The highest BCUT2D eigenvalue weighted by atomic mass is 32.1. The first kappa shape index (κ1) is 17.3. The van der Waals surface area contributed by atoms with Crippen LogP contribution in [0.25, 0.3) is 27.5 Å². The molecule has 5 nitrogen and oxygen atoms in total. The number of benzene rings is 2. The lowest BCUT2D eigenvalue weighted by atomic mass is 10.1. The van der Waals surface area contributed by atoms with Gasteiger partial charge in [0, 0.05) is 10.4 Å². The summed E-state index contributed by atoms with van der Waals surface area (Å²) in [7, 11) is 3.18. The van der Waals surface area contributed by atoms with Crippen LogP contribution in [0.3, 0.4) is 0 Å². The SMILES string of the molecule is COc1ccc(-c2nc3sc(C)c(-c4ccccc4)n3c2C=O)cc1OC. The van der Waals surface area contributed by atoms with E-state index in [1.807, 2.05) is 59.9 Å². The summed E-state index contributed by atoms with van der Waals surface area (Å²) in [6.45, 7) is 2.05. The van der Waals surface area contributed by atoms with Crippen molar-refractivity contribution in [1.82, 2.24) is 9.38 Å². The van der Waals surface area contributed by atoms with Crippen LogP contribution in [0, 0.1) is 6.92 Å². The van der Waals surface area contributed by atoms with Gasteiger partial charge in [0.15, 0.2) is 22.7 Å². The van der Waals surface area contributed by atoms with Crippen molar-refractivity contribution in [2.45, 2.75) is 6.92 Å². The fraction of sp³-hybridized carbons (Fsp3) is 0.143. The third-order valence-corrected chi connectivity index (χ3v) is 5.46. The molecule has 4 aromatic rings. The Bertz CT molecular complexity index is 1130. The second-order valence-corrected chi connectivity index (χ2v) is 7.21. The Kier molecular flexibility index (Phi) is 4.41. The van der Waals surface area contributed by atoms with E-state index in [1.54, 1.807) is 25.6 Å². The van der Waals surface area contributed by atoms with Crippen LogP contribution < -0.4 is 9.47 Å². The van der Waals surface area contributed by atoms with Crippen LogP contribution in [-0.4, -0.2) is 29.9 Å². The van der Waals surface area contributed by atoms with E-state index in [0.717, 1.165) is 32.9 Å². The maximum Gasteiger partial charge on any atom is 0.195 e. The maximum absolute atomic E-state index is 12.0. The average Bonchev–Trinajstić information content (AvgIpc) is 3.22. The number of methoxy groups -OCH3 is 2. The number of carbonyl (C=O) groups is 1. The Hall–Kier alpha value is -3.12. The van der Waals surface area contributed by atoms with Crippen molar-refractivity contribution in [3.8, 4) is 34.0 Å². The van der Waals surface area contributed by atoms with Gasteiger partial charge < -0.3 is 9.47 Å². The lowest BCUT2D eigenvalue weighted by Gasteiger charge is -2.09. The molecule has 0 radical (unpaired) electrons. The Balaban J connectivity index is 1.96. The highest BCUT2D eigenvalue weighted by Gasteiger charge is 2.21. The molecule has 0 aliphatic rings. The Labute approximate surface area is 160 Å². The summed E-state index contributed by atoms with van der Waals surface area (Å²) >= 11 is 1.57. The normalized spacial score (nSPS) is 10.9. The first-order valence-corrected chi connectivity index (χ1v) is 9.24. The van der Waals surface area contributed by atoms with Crippen molar-refractivity contribution in [1.29, 1.82) is 0 Å². The topological polar surface area (TPSA) is 52.8 Å². The molecular formula is C21H18N2O3S. The molecular weight excluding hydrogens is 360 g/mol. The molecule has 2 heterocycles. The minimum Gasteiger partial charge on any atom is -0.493 e. The number of hydrogen-bond donors (Lipinski definition) is 0. The minimum absolute atomic E-state index is 0.528. The molecule has 0 N–H and O–H groups in total. The highest BCUT2D eigenvalue weighted by molar-refractivity contribution is 7.17. The van der Waals surface area contributed by atoms with Gasteiger partial charge in [-0.25, -0.2) is 4.98 Å². The first-order chi connectivity index (χ1) is 13.2. The monoisotopic (exact) mass is 378 g/mol. The summed E-state index contributed by atoms with van der Waals surface area (Å²) in [5, 5.41) is 0. The van der Waals surface area contributed by atoms with Gasteiger partial charge in [0.25, 0.3) is 0 Å². The van der Waals surface area contributed by atoms with Gasteiger partial charge in [-0.3, -0.25) is 9.20 Å². The van der Waals surface area contributed by atoms with E-state index in [0.29, 0.717) is 22.9 Å². The molecule has 0 saturated carbocycles. The number of imidazole rings is 1. The quantitative estimate of drug-likeness (QED) is 0.465. The predicted molar refractivity (Wildman–Crippen MR) is 107 cm³/mol. The van der Waals surface area contributed by atoms with Crippen LogP contribution in [0.15, 0.2) is 48.5 Å². The van der Waals surface area contributed by atoms with Crippen LogP contribution in [0.1, 0.15) is 15.4 Å². The van der Waals surface area contributed by atoms with E-state index >= 15 is 0 Å². The highest BCUT2D eigenvalue weighted by Crippen LogP contribution is 2.37. The number of rotatable bonds is 5. The number of carbonyl (C=O) groups excluding carboxylic acids is 1. The molecule has 27 heavy (non-hydrogen) atoms. The fourth-order valence-corrected chi connectivity index (χ4v) is 4.27. The lowest BCUT2D eigenvalue weighted by molar-refractivity contribution is 0.111. The fourth-order valence-electron chi connectivity index (χ4n) is 3.27. The van der Waals surface area contributed by atoms with E-state index < -0.39 is 0 Å². The minimum atomic E-state index is 0.528. The molecule has 0 amide bonds. The summed E-state index contributed by atoms with van der Waals surface area (Å²) in [6.07, 6.45) is 0.866. The zero-order valence-electron chi connectivity index (χ0n) is 15.2. The molecule has 0 unspecified atom stereocenters. The number of ether oxygens (including phenoxy) is 2. The molecule has 0 fully saturated rings. The zero-order valence-corrected chi connectivity index (χ0v) is 16.0. The van der Waals surface area contributed by atoms with E-state index in [1.165, 1.54) is 0 Å². The number of fused-ring (bicyclic) bond motifs is 1. The second kappa shape index (κ2) is 6.89. The van der Waals surface area contributed by atoms with Crippen LogP contribution >= 0.6 is 11.3 Å². The van der Waals surface area contributed by atoms with Gasteiger partial charge in [-0.15, -0.1) is 11.3 Å². The van der Waals surface area contributed by atoms with E-state index in [4.69, 9.17) is 14.5 Å². The Morgan fingerprint density at radius 2 is 1.74 bits per heavy atom. The summed E-state index contributed by atoms with van der Waals surface area (Å²) in [4.78, 5) is 18.7. The second-order valence-electron chi connectivity index (χ2n) is 6.02. The molecule has 0 saturated heterocycles. The molecule has 4 rings (SSSR count). The number of aryl methyl sites for hydroxylation is 1. The summed E-state index contributed by atoms with van der Waals surface area (Å²) in [6, 6.07) is 15.6. The molecule has 2 aromatic heterocycles. The first-order valence-electron chi connectivity index (χ1n) is 8.42. The van der Waals surface area contributed by atoms with E-state index in [9.17, 15) is 4.79 Å². The van der Waals surface area contributed by atoms with Crippen LogP contribution in [-0.2, 0) is 0 Å². The van der Waals surface area contributed by atoms with Crippen molar-refractivity contribution >= 4 is 22.6 Å². The van der Waals surface area contributed by atoms with Crippen molar-refractivity contribution in [2.24, 2.45) is 0 Å². The van der Waals surface area contributed by atoms with Crippen LogP contribution in [0.4, 0.5) is 0 Å². The molecule has 0 bridgehead atoms. The molecule has 0 atom stereocenters. The van der Waals surface area contributed by atoms with Crippen LogP contribution in [0.5, 0.6) is 11.5 Å². The Morgan fingerprint density at radius 1 is 1.00 bits per heavy atom. The van der Waals surface area contributed by atoms with Gasteiger partial charge in [-0.2, -0.15) is 0 Å². The zero-order chi connectivity index (χ0) is 19.0. The molecule has 0 aliphatic carbocycles. The summed E-state index contributed by atoms with van der Waals surface area (Å²) < 4.78 is 12.6. The molecule has 6 heteroatoms. The predicted octanol–water partition coefficient (Wildman–Crippen LogP) is 4.87. The third-order valence-electron chi connectivity index (χ3n) is 4.50. The van der Waals surface area contributed by atoms with E-state index in [-0.39, 0.29) is 0 Å². The number of aromatic nitrogens is 2. The van der Waals surface area contributed by atoms with Gasteiger partial charge in [0.05, 0.1) is 19.9 Å². The van der Waals surface area contributed by atoms with Gasteiger partial charge in [-0.05, 0) is 30.7 Å². The number of thiazole rings is 1. The van der Waals surface area contributed by atoms with Gasteiger partial charge in [0.2, 0.25) is 0 Å². The molecule has 2 aromatic carbocycles. The summed E-state index contributed by atoms with van der Waals surface area (Å²) in [5.74, 6) is 1.23. The van der Waals surface area contributed by atoms with Crippen LogP contribution in [0.2, 0.25) is 0 Å². The lowest BCUT2D eigenvalue weighted by Crippen LogP contribution is -1.96. The maximum atomic E-state index is 12.0. The van der Waals surface area contributed by atoms with Gasteiger partial charge in [0.1, 0.15) is 11.4 Å². The van der Waals surface area contributed by atoms with Crippen molar-refractivity contribution in [2.75, 3.05) is 14.2 Å². The molecule has 0 aliphatic heterocycles. The molecule has 0 spiro atoms. The smallest absolute Gasteiger partial charge is 0.195 e. The number of nitrogens with zero attached hydrogens (tertiary/aromatic N) is 2. The van der Waals surface area contributed by atoms with E-state index in [2.05, 4.69) is 0 Å². The summed E-state index contributed by atoms with van der Waals surface area (Å²) in [5.41, 5.74) is 4.02. The van der Waals surface area contributed by atoms with Crippen molar-refractivity contribution < 1.29 is 14.3 Å². The largest absolute Gasteiger partial charge is 0.493 e. The number of aldehydes is 1. The number of hydrogen-bond acceptors (Lipinski definition) is 5. The molecule has 136 valence electrons. The standard InChI is InChI=1S/C21H18N2O3S/c1-13-20(14-7-5-4-6-8-14)23-16(12-24)19(22-21(23)27-13)15-9-10-17(25-2)18(11-15)26-3/h4-12H,1-3H3. The third kappa shape index (κ3) is 2.78. The Morgan fingerprint density at radius 3 is 2.41 bits per heavy atom. The van der Waals surface area contributed by atoms with Crippen molar-refractivity contribution in [3.05, 3.63) is 59.1 Å². The van der Waals surface area contributed by atoms with Gasteiger partial charge >= 0.3 is 0 Å². The van der Waals surface area contributed by atoms with Gasteiger partial charge in [-0.1, -0.05) is 30.3 Å².